The second-order valence-electron chi connectivity index (χ2n) is 5.84. The summed E-state index contributed by atoms with van der Waals surface area (Å²) in [6.45, 7) is 7.95. The summed E-state index contributed by atoms with van der Waals surface area (Å²) in [5.74, 6) is 0.619. The van der Waals surface area contributed by atoms with Gasteiger partial charge in [0.15, 0.2) is 9.84 Å². The van der Waals surface area contributed by atoms with Crippen LogP contribution in [0.15, 0.2) is 24.3 Å². The summed E-state index contributed by atoms with van der Waals surface area (Å²) in [6.07, 6.45) is 0.745. The van der Waals surface area contributed by atoms with Crippen molar-refractivity contribution in [3.05, 3.63) is 35.4 Å². The third kappa shape index (κ3) is 3.37. The molecule has 4 heteroatoms. The van der Waals surface area contributed by atoms with E-state index in [0.717, 1.165) is 19.5 Å². The van der Waals surface area contributed by atoms with E-state index in [4.69, 9.17) is 0 Å². The van der Waals surface area contributed by atoms with Crippen LogP contribution in [0.3, 0.4) is 0 Å². The maximum atomic E-state index is 11.7. The summed E-state index contributed by atoms with van der Waals surface area (Å²) in [7, 11) is -2.85. The van der Waals surface area contributed by atoms with Crippen molar-refractivity contribution in [1.29, 1.82) is 0 Å². The lowest BCUT2D eigenvalue weighted by Crippen LogP contribution is -2.46. The second kappa shape index (κ2) is 5.25. The van der Waals surface area contributed by atoms with E-state index in [2.05, 4.69) is 49.9 Å². The average molecular weight is 281 g/mol. The van der Waals surface area contributed by atoms with Crippen molar-refractivity contribution in [3.8, 4) is 0 Å². The van der Waals surface area contributed by atoms with Crippen LogP contribution in [0.4, 0.5) is 0 Å². The first-order chi connectivity index (χ1) is 8.85. The quantitative estimate of drug-likeness (QED) is 0.850. The van der Waals surface area contributed by atoms with Crippen LogP contribution in [0.1, 0.15) is 31.4 Å². The topological polar surface area (TPSA) is 37.4 Å². The van der Waals surface area contributed by atoms with Crippen molar-refractivity contribution >= 4 is 9.84 Å². The average Bonchev–Trinajstić information content (AvgIpc) is 2.63. The molecule has 0 aliphatic carbocycles. The predicted octanol–water partition coefficient (Wildman–Crippen LogP) is 2.39. The molecular weight excluding hydrogens is 258 g/mol. The lowest BCUT2D eigenvalue weighted by Gasteiger charge is -2.37. The van der Waals surface area contributed by atoms with Crippen LogP contribution in [0.25, 0.3) is 0 Å². The van der Waals surface area contributed by atoms with Gasteiger partial charge in [0.05, 0.1) is 11.5 Å². The maximum Gasteiger partial charge on any atom is 0.152 e. The fraction of sp³-hybridized carbons (Fsp3) is 0.600. The Morgan fingerprint density at radius 1 is 1.26 bits per heavy atom. The van der Waals surface area contributed by atoms with E-state index in [1.807, 2.05) is 0 Å². The van der Waals surface area contributed by atoms with Crippen molar-refractivity contribution in [2.75, 3.05) is 18.1 Å². The van der Waals surface area contributed by atoms with Gasteiger partial charge in [-0.2, -0.15) is 0 Å². The van der Waals surface area contributed by atoms with Gasteiger partial charge in [0, 0.05) is 12.1 Å². The van der Waals surface area contributed by atoms with Gasteiger partial charge in [-0.05, 0) is 32.4 Å². The zero-order valence-electron chi connectivity index (χ0n) is 12.0. The molecule has 0 N–H and O–H groups in total. The first kappa shape index (κ1) is 14.5. The van der Waals surface area contributed by atoms with Crippen LogP contribution in [-0.4, -0.2) is 36.9 Å². The van der Waals surface area contributed by atoms with Crippen LogP contribution in [0.2, 0.25) is 0 Å². The molecule has 106 valence electrons. The lowest BCUT2D eigenvalue weighted by atomic mass is 9.98. The molecule has 1 saturated heterocycles. The Labute approximate surface area is 116 Å². The molecule has 19 heavy (non-hydrogen) atoms. The number of hydrogen-bond acceptors (Lipinski definition) is 3. The SMILES string of the molecule is CCN(Cc1ccc(C)cc1)[C@]1(C)CCS(=O)(=O)C1. The maximum absolute atomic E-state index is 11.7. The zero-order chi connectivity index (χ0) is 14.1. The van der Waals surface area contributed by atoms with E-state index in [1.165, 1.54) is 11.1 Å². The van der Waals surface area contributed by atoms with Gasteiger partial charge in [-0.25, -0.2) is 8.42 Å². The molecule has 0 amide bonds. The van der Waals surface area contributed by atoms with Crippen molar-refractivity contribution in [3.63, 3.8) is 0 Å². The molecule has 2 rings (SSSR count). The summed E-state index contributed by atoms with van der Waals surface area (Å²) >= 11 is 0. The number of sulfone groups is 1. The van der Waals surface area contributed by atoms with E-state index < -0.39 is 9.84 Å². The Kier molecular flexibility index (Phi) is 4.02. The van der Waals surface area contributed by atoms with Crippen LogP contribution in [0.5, 0.6) is 0 Å². The molecule has 1 aliphatic rings. The highest BCUT2D eigenvalue weighted by atomic mass is 32.2. The highest BCUT2D eigenvalue weighted by Crippen LogP contribution is 2.30. The molecule has 0 unspecified atom stereocenters. The summed E-state index contributed by atoms with van der Waals surface area (Å²) in [4.78, 5) is 2.29. The van der Waals surface area contributed by atoms with E-state index in [-0.39, 0.29) is 5.54 Å². The van der Waals surface area contributed by atoms with E-state index >= 15 is 0 Å². The van der Waals surface area contributed by atoms with Crippen LogP contribution in [0, 0.1) is 6.92 Å². The van der Waals surface area contributed by atoms with Crippen molar-refractivity contribution in [1.82, 2.24) is 4.90 Å². The first-order valence-corrected chi connectivity index (χ1v) is 8.68. The number of benzene rings is 1. The molecule has 0 spiro atoms. The summed E-state index contributed by atoms with van der Waals surface area (Å²) < 4.78 is 23.5. The Hall–Kier alpha value is -0.870. The highest BCUT2D eigenvalue weighted by molar-refractivity contribution is 7.91. The number of nitrogens with zero attached hydrogens (tertiary/aromatic N) is 1. The normalized spacial score (nSPS) is 25.9. The molecule has 1 fully saturated rings. The molecule has 1 aromatic carbocycles. The monoisotopic (exact) mass is 281 g/mol. The molecule has 1 aliphatic heterocycles. The van der Waals surface area contributed by atoms with Gasteiger partial charge in [0.1, 0.15) is 0 Å². The number of rotatable bonds is 4. The van der Waals surface area contributed by atoms with Gasteiger partial charge >= 0.3 is 0 Å². The smallest absolute Gasteiger partial charge is 0.152 e. The molecule has 0 aromatic heterocycles. The number of hydrogen-bond donors (Lipinski definition) is 0. The van der Waals surface area contributed by atoms with Crippen molar-refractivity contribution in [2.24, 2.45) is 0 Å². The van der Waals surface area contributed by atoms with E-state index in [9.17, 15) is 8.42 Å². The lowest BCUT2D eigenvalue weighted by molar-refractivity contribution is 0.124. The fourth-order valence-corrected chi connectivity index (χ4v) is 5.01. The largest absolute Gasteiger partial charge is 0.293 e. The summed E-state index contributed by atoms with van der Waals surface area (Å²) in [6, 6.07) is 8.48. The Morgan fingerprint density at radius 3 is 2.37 bits per heavy atom. The van der Waals surface area contributed by atoms with Gasteiger partial charge in [0.2, 0.25) is 0 Å². The van der Waals surface area contributed by atoms with Gasteiger partial charge < -0.3 is 0 Å². The molecule has 1 heterocycles. The predicted molar refractivity (Wildman–Crippen MR) is 78.9 cm³/mol. The number of aryl methyl sites for hydroxylation is 1. The second-order valence-corrected chi connectivity index (χ2v) is 8.02. The van der Waals surface area contributed by atoms with Crippen LogP contribution >= 0.6 is 0 Å². The third-order valence-electron chi connectivity index (χ3n) is 4.12. The molecule has 1 aromatic rings. The van der Waals surface area contributed by atoms with E-state index in [0.29, 0.717) is 11.5 Å². The van der Waals surface area contributed by atoms with E-state index in [1.54, 1.807) is 0 Å². The Bertz CT molecular complexity index is 536. The van der Waals surface area contributed by atoms with Crippen LogP contribution < -0.4 is 0 Å². The van der Waals surface area contributed by atoms with Gasteiger partial charge in [-0.3, -0.25) is 4.90 Å². The van der Waals surface area contributed by atoms with Crippen molar-refractivity contribution < 1.29 is 8.42 Å². The zero-order valence-corrected chi connectivity index (χ0v) is 12.8. The highest BCUT2D eigenvalue weighted by Gasteiger charge is 2.42. The molecular formula is C15H23NO2S. The molecule has 3 nitrogen and oxygen atoms in total. The molecule has 0 radical (unpaired) electrons. The van der Waals surface area contributed by atoms with Gasteiger partial charge in [-0.15, -0.1) is 0 Å². The molecule has 1 atom stereocenters. The Morgan fingerprint density at radius 2 is 1.89 bits per heavy atom. The third-order valence-corrected chi connectivity index (χ3v) is 6.01. The minimum Gasteiger partial charge on any atom is -0.293 e. The fourth-order valence-electron chi connectivity index (χ4n) is 2.84. The first-order valence-electron chi connectivity index (χ1n) is 6.86. The van der Waals surface area contributed by atoms with Crippen molar-refractivity contribution in [2.45, 2.75) is 39.3 Å². The standard InChI is InChI=1S/C15H23NO2S/c1-4-16(11-14-7-5-13(2)6-8-14)15(3)9-10-19(17,18)12-15/h5-8H,4,9-12H2,1-3H3/t15-/m1/s1. The van der Waals surface area contributed by atoms with Gasteiger partial charge in [0.25, 0.3) is 0 Å². The van der Waals surface area contributed by atoms with Crippen LogP contribution in [-0.2, 0) is 16.4 Å². The summed E-state index contributed by atoms with van der Waals surface area (Å²) in [5.41, 5.74) is 2.29. The minimum absolute atomic E-state index is 0.210. The molecule has 0 saturated carbocycles. The summed E-state index contributed by atoms with van der Waals surface area (Å²) in [5, 5.41) is 0. The minimum atomic E-state index is -2.85. The Balaban J connectivity index is 2.14. The van der Waals surface area contributed by atoms with Gasteiger partial charge in [-0.1, -0.05) is 36.8 Å². The molecule has 0 bridgehead atoms.